The van der Waals surface area contributed by atoms with E-state index in [0.717, 1.165) is 12.7 Å². The maximum absolute atomic E-state index is 12.2. The predicted molar refractivity (Wildman–Crippen MR) is 98.7 cm³/mol. The first-order chi connectivity index (χ1) is 11.7. The van der Waals surface area contributed by atoms with Gasteiger partial charge in [-0.15, -0.1) is 0 Å². The maximum Gasteiger partial charge on any atom is 0.225 e. The molecule has 0 fully saturated rings. The smallest absolute Gasteiger partial charge is 0.225 e. The minimum atomic E-state index is -3.34. The van der Waals surface area contributed by atoms with Crippen molar-refractivity contribution in [1.82, 2.24) is 4.31 Å². The van der Waals surface area contributed by atoms with Crippen molar-refractivity contribution < 1.29 is 22.7 Å². The van der Waals surface area contributed by atoms with E-state index in [1.165, 1.54) is 18.5 Å². The summed E-state index contributed by atoms with van der Waals surface area (Å²) in [6.07, 6.45) is 1.97. The van der Waals surface area contributed by atoms with Crippen LogP contribution in [-0.4, -0.2) is 52.2 Å². The number of methoxy groups -OCH3 is 2. The second-order valence-corrected chi connectivity index (χ2v) is 8.19. The SMILES string of the molecule is COc1ccc(OC)c(NC(=O)CCN(CCC(C)C)S(C)(=O)=O)c1. The van der Waals surface area contributed by atoms with Crippen molar-refractivity contribution in [2.45, 2.75) is 26.7 Å². The van der Waals surface area contributed by atoms with Crippen LogP contribution >= 0.6 is 0 Å². The van der Waals surface area contributed by atoms with E-state index in [1.807, 2.05) is 13.8 Å². The van der Waals surface area contributed by atoms with E-state index in [0.29, 0.717) is 29.6 Å². The van der Waals surface area contributed by atoms with Gasteiger partial charge < -0.3 is 14.8 Å². The Hall–Kier alpha value is -1.80. The average Bonchev–Trinajstić information content (AvgIpc) is 2.53. The summed E-state index contributed by atoms with van der Waals surface area (Å²) in [5.41, 5.74) is 0.486. The van der Waals surface area contributed by atoms with Gasteiger partial charge in [0.25, 0.3) is 0 Å². The Labute approximate surface area is 150 Å². The summed E-state index contributed by atoms with van der Waals surface area (Å²) >= 11 is 0. The molecule has 0 unspecified atom stereocenters. The molecule has 0 spiro atoms. The standard InChI is InChI=1S/C17H28N2O5S/c1-13(2)8-10-19(25(5,21)22)11-9-17(20)18-15-12-14(23-3)6-7-16(15)24-4/h6-7,12-13H,8-11H2,1-5H3,(H,18,20). The molecule has 1 amide bonds. The van der Waals surface area contributed by atoms with Gasteiger partial charge in [-0.2, -0.15) is 0 Å². The van der Waals surface area contributed by atoms with E-state index < -0.39 is 10.0 Å². The molecule has 0 saturated heterocycles. The van der Waals surface area contributed by atoms with E-state index in [1.54, 1.807) is 18.2 Å². The van der Waals surface area contributed by atoms with Gasteiger partial charge in [0.05, 0.1) is 26.2 Å². The Balaban J connectivity index is 2.72. The molecule has 8 heteroatoms. The second-order valence-electron chi connectivity index (χ2n) is 6.21. The van der Waals surface area contributed by atoms with E-state index in [2.05, 4.69) is 5.32 Å². The number of sulfonamides is 1. The lowest BCUT2D eigenvalue weighted by Gasteiger charge is -2.20. The zero-order valence-electron chi connectivity index (χ0n) is 15.5. The van der Waals surface area contributed by atoms with Crippen molar-refractivity contribution >= 4 is 21.6 Å². The highest BCUT2D eigenvalue weighted by atomic mass is 32.2. The molecule has 1 rings (SSSR count). The fourth-order valence-corrected chi connectivity index (χ4v) is 3.06. The Morgan fingerprint density at radius 1 is 1.20 bits per heavy atom. The van der Waals surface area contributed by atoms with Crippen LogP contribution in [0, 0.1) is 5.92 Å². The predicted octanol–water partition coefficient (Wildman–Crippen LogP) is 2.34. The quantitative estimate of drug-likeness (QED) is 0.681. The van der Waals surface area contributed by atoms with E-state index in [9.17, 15) is 13.2 Å². The lowest BCUT2D eigenvalue weighted by atomic mass is 10.1. The van der Waals surface area contributed by atoms with Crippen molar-refractivity contribution in [3.63, 3.8) is 0 Å². The molecule has 25 heavy (non-hydrogen) atoms. The molecule has 0 saturated carbocycles. The Morgan fingerprint density at radius 3 is 2.40 bits per heavy atom. The Bertz CT molecular complexity index is 674. The number of amides is 1. The number of carbonyl (C=O) groups excluding carboxylic acids is 1. The highest BCUT2D eigenvalue weighted by Crippen LogP contribution is 2.28. The summed E-state index contributed by atoms with van der Waals surface area (Å²) in [4.78, 5) is 12.2. The molecule has 0 aliphatic heterocycles. The zero-order valence-corrected chi connectivity index (χ0v) is 16.4. The van der Waals surface area contributed by atoms with Crippen LogP contribution in [0.3, 0.4) is 0 Å². The molecule has 0 bridgehead atoms. The van der Waals surface area contributed by atoms with Crippen LogP contribution in [-0.2, 0) is 14.8 Å². The third kappa shape index (κ3) is 7.31. The molecule has 1 aromatic rings. The van der Waals surface area contributed by atoms with Crippen molar-refractivity contribution in [1.29, 1.82) is 0 Å². The molecule has 0 aromatic heterocycles. The van der Waals surface area contributed by atoms with E-state index in [-0.39, 0.29) is 18.9 Å². The van der Waals surface area contributed by atoms with Crippen LogP contribution in [0.2, 0.25) is 0 Å². The lowest BCUT2D eigenvalue weighted by molar-refractivity contribution is -0.116. The normalized spacial score (nSPS) is 11.6. The second kappa shape index (κ2) is 9.62. The van der Waals surface area contributed by atoms with E-state index >= 15 is 0 Å². The molecular weight excluding hydrogens is 344 g/mol. The number of rotatable bonds is 10. The van der Waals surface area contributed by atoms with Crippen molar-refractivity contribution in [2.75, 3.05) is 38.9 Å². The minimum absolute atomic E-state index is 0.0610. The Morgan fingerprint density at radius 2 is 1.88 bits per heavy atom. The van der Waals surface area contributed by atoms with Crippen molar-refractivity contribution in [3.8, 4) is 11.5 Å². The van der Waals surface area contributed by atoms with Crippen molar-refractivity contribution in [3.05, 3.63) is 18.2 Å². The van der Waals surface area contributed by atoms with Gasteiger partial charge in [-0.1, -0.05) is 13.8 Å². The van der Waals surface area contributed by atoms with Crippen LogP contribution < -0.4 is 14.8 Å². The van der Waals surface area contributed by atoms with E-state index in [4.69, 9.17) is 9.47 Å². The fraction of sp³-hybridized carbons (Fsp3) is 0.588. The molecule has 0 heterocycles. The summed E-state index contributed by atoms with van der Waals surface area (Å²) in [7, 11) is -0.301. The third-order valence-electron chi connectivity index (χ3n) is 3.69. The van der Waals surface area contributed by atoms with Crippen LogP contribution in [0.15, 0.2) is 18.2 Å². The van der Waals surface area contributed by atoms with Gasteiger partial charge in [-0.05, 0) is 24.5 Å². The molecule has 1 N–H and O–H groups in total. The van der Waals surface area contributed by atoms with Crippen LogP contribution in [0.4, 0.5) is 5.69 Å². The highest BCUT2D eigenvalue weighted by Gasteiger charge is 2.18. The number of nitrogens with zero attached hydrogens (tertiary/aromatic N) is 1. The topological polar surface area (TPSA) is 84.9 Å². The van der Waals surface area contributed by atoms with Gasteiger partial charge in [0.2, 0.25) is 15.9 Å². The largest absolute Gasteiger partial charge is 0.497 e. The van der Waals surface area contributed by atoms with Gasteiger partial charge in [-0.3, -0.25) is 4.79 Å². The molecule has 142 valence electrons. The van der Waals surface area contributed by atoms with Gasteiger partial charge in [-0.25, -0.2) is 12.7 Å². The van der Waals surface area contributed by atoms with Gasteiger partial charge in [0.15, 0.2) is 0 Å². The molecule has 0 atom stereocenters. The fourth-order valence-electron chi connectivity index (χ4n) is 2.20. The molecule has 7 nitrogen and oxygen atoms in total. The summed E-state index contributed by atoms with van der Waals surface area (Å²) in [6.45, 7) is 4.61. The summed E-state index contributed by atoms with van der Waals surface area (Å²) in [5.74, 6) is 1.20. The van der Waals surface area contributed by atoms with Crippen LogP contribution in [0.5, 0.6) is 11.5 Å². The number of benzene rings is 1. The monoisotopic (exact) mass is 372 g/mol. The molecular formula is C17H28N2O5S. The zero-order chi connectivity index (χ0) is 19.0. The number of nitrogens with one attached hydrogen (secondary N) is 1. The third-order valence-corrected chi connectivity index (χ3v) is 5.00. The van der Waals surface area contributed by atoms with Crippen LogP contribution in [0.25, 0.3) is 0 Å². The van der Waals surface area contributed by atoms with Crippen molar-refractivity contribution in [2.24, 2.45) is 5.92 Å². The van der Waals surface area contributed by atoms with Crippen LogP contribution in [0.1, 0.15) is 26.7 Å². The summed E-state index contributed by atoms with van der Waals surface area (Å²) < 4.78 is 35.4. The molecule has 1 aromatic carbocycles. The molecule has 0 aliphatic rings. The van der Waals surface area contributed by atoms with Gasteiger partial charge in [0, 0.05) is 25.6 Å². The maximum atomic E-state index is 12.2. The molecule has 0 radical (unpaired) electrons. The summed E-state index contributed by atoms with van der Waals surface area (Å²) in [5, 5.41) is 2.74. The number of hydrogen-bond acceptors (Lipinski definition) is 5. The summed E-state index contributed by atoms with van der Waals surface area (Å²) in [6, 6.07) is 5.08. The first kappa shape index (κ1) is 21.2. The first-order valence-corrected chi connectivity index (χ1v) is 9.99. The lowest BCUT2D eigenvalue weighted by Crippen LogP contribution is -2.34. The average molecular weight is 372 g/mol. The number of ether oxygens (including phenoxy) is 2. The highest BCUT2D eigenvalue weighted by molar-refractivity contribution is 7.88. The molecule has 0 aliphatic carbocycles. The number of anilines is 1. The Kier molecular flexibility index (Phi) is 8.18. The van der Waals surface area contributed by atoms with Gasteiger partial charge in [0.1, 0.15) is 11.5 Å². The van der Waals surface area contributed by atoms with Gasteiger partial charge >= 0.3 is 0 Å². The number of hydrogen-bond donors (Lipinski definition) is 1. The number of carbonyl (C=O) groups is 1. The minimum Gasteiger partial charge on any atom is -0.497 e. The first-order valence-electron chi connectivity index (χ1n) is 8.14.